The van der Waals surface area contributed by atoms with Gasteiger partial charge in [0.25, 0.3) is 0 Å². The van der Waals surface area contributed by atoms with Gasteiger partial charge in [-0.15, -0.1) is 0 Å². The molecule has 1 heterocycles. The topological polar surface area (TPSA) is 55.2 Å². The van der Waals surface area contributed by atoms with Gasteiger partial charge in [-0.2, -0.15) is 0 Å². The summed E-state index contributed by atoms with van der Waals surface area (Å²) in [6, 6.07) is 1.76. The lowest BCUT2D eigenvalue weighted by Gasteiger charge is -2.17. The fourth-order valence-corrected chi connectivity index (χ4v) is 1.47. The predicted molar refractivity (Wildman–Crippen MR) is 53.3 cm³/mol. The molecule has 0 aliphatic rings. The van der Waals surface area contributed by atoms with E-state index >= 15 is 0 Å². The molecule has 0 bridgehead atoms. The molecule has 0 amide bonds. The van der Waals surface area contributed by atoms with Crippen LogP contribution < -0.4 is 4.74 Å². The van der Waals surface area contributed by atoms with E-state index < -0.39 is 6.10 Å². The monoisotopic (exact) mass is 196 g/mol. The summed E-state index contributed by atoms with van der Waals surface area (Å²) in [5.74, 6) is 0.584. The molecule has 4 nitrogen and oxygen atoms in total. The van der Waals surface area contributed by atoms with E-state index in [0.717, 1.165) is 12.1 Å². The van der Waals surface area contributed by atoms with Crippen LogP contribution >= 0.6 is 0 Å². The Labute approximate surface area is 84.0 Å². The van der Waals surface area contributed by atoms with Gasteiger partial charge in [0, 0.05) is 12.0 Å². The molecule has 0 aliphatic heterocycles. The molecular weight excluding hydrogens is 180 g/mol. The summed E-state index contributed by atoms with van der Waals surface area (Å²) in [4.78, 5) is 8.05. The smallest absolute Gasteiger partial charge is 0.216 e. The maximum Gasteiger partial charge on any atom is 0.216 e. The summed E-state index contributed by atoms with van der Waals surface area (Å²) < 4.78 is 5.00. The van der Waals surface area contributed by atoms with E-state index in [0.29, 0.717) is 5.88 Å². The Morgan fingerprint density at radius 3 is 2.71 bits per heavy atom. The number of aromatic nitrogens is 2. The molecule has 2 unspecified atom stereocenters. The van der Waals surface area contributed by atoms with Gasteiger partial charge in [-0.3, -0.25) is 0 Å². The Bertz CT molecular complexity index is 289. The number of methoxy groups -OCH3 is 1. The molecule has 1 aromatic rings. The second-order valence-corrected chi connectivity index (χ2v) is 3.24. The summed E-state index contributed by atoms with van der Waals surface area (Å²) >= 11 is 0. The van der Waals surface area contributed by atoms with E-state index in [1.807, 2.05) is 6.92 Å². The summed E-state index contributed by atoms with van der Waals surface area (Å²) in [6.45, 7) is 3.79. The minimum Gasteiger partial charge on any atom is -0.481 e. The number of rotatable bonds is 4. The molecule has 1 aromatic heterocycles. The predicted octanol–water partition coefficient (Wildman–Crippen LogP) is 1.36. The fourth-order valence-electron chi connectivity index (χ4n) is 1.47. The minimum atomic E-state index is -0.403. The third kappa shape index (κ3) is 2.42. The van der Waals surface area contributed by atoms with Gasteiger partial charge in [-0.05, 0) is 13.3 Å². The van der Waals surface area contributed by atoms with Crippen LogP contribution in [0.3, 0.4) is 0 Å². The Hall–Kier alpha value is -1.16. The first kappa shape index (κ1) is 10.9. The van der Waals surface area contributed by atoms with Crippen molar-refractivity contribution >= 4 is 0 Å². The van der Waals surface area contributed by atoms with Crippen molar-refractivity contribution in [3.63, 3.8) is 0 Å². The second kappa shape index (κ2) is 4.91. The number of nitrogens with zero attached hydrogens (tertiary/aromatic N) is 2. The average Bonchev–Trinajstić information content (AvgIpc) is 2.19. The Morgan fingerprint density at radius 1 is 1.50 bits per heavy atom. The Morgan fingerprint density at radius 2 is 2.21 bits per heavy atom. The van der Waals surface area contributed by atoms with Crippen LogP contribution in [0.2, 0.25) is 0 Å². The quantitative estimate of drug-likeness (QED) is 0.790. The van der Waals surface area contributed by atoms with Crippen LogP contribution in [0.25, 0.3) is 0 Å². The van der Waals surface area contributed by atoms with Crippen LogP contribution in [0.5, 0.6) is 5.88 Å². The van der Waals surface area contributed by atoms with E-state index in [2.05, 4.69) is 9.97 Å². The van der Waals surface area contributed by atoms with Gasteiger partial charge in [0.05, 0.1) is 18.9 Å². The molecule has 0 fully saturated rings. The third-order valence-electron chi connectivity index (χ3n) is 2.27. The standard InChI is InChI=1S/C10H16N2O2/c1-4-8(7(2)13)9-5-10(14-3)12-6-11-9/h5-8,13H,4H2,1-3H3. The van der Waals surface area contributed by atoms with Gasteiger partial charge < -0.3 is 9.84 Å². The van der Waals surface area contributed by atoms with Crippen molar-refractivity contribution in [2.75, 3.05) is 7.11 Å². The van der Waals surface area contributed by atoms with Crippen LogP contribution in [0.1, 0.15) is 31.9 Å². The molecule has 0 saturated heterocycles. The van der Waals surface area contributed by atoms with Crippen LogP contribution in [0.15, 0.2) is 12.4 Å². The van der Waals surface area contributed by atoms with Crippen LogP contribution in [-0.4, -0.2) is 28.3 Å². The van der Waals surface area contributed by atoms with Gasteiger partial charge in [0.1, 0.15) is 6.33 Å². The first-order valence-electron chi connectivity index (χ1n) is 4.73. The normalized spacial score (nSPS) is 14.9. The molecule has 1 N–H and O–H groups in total. The number of aliphatic hydroxyl groups excluding tert-OH is 1. The molecule has 0 aliphatic carbocycles. The van der Waals surface area contributed by atoms with Gasteiger partial charge in [-0.25, -0.2) is 9.97 Å². The number of ether oxygens (including phenoxy) is 1. The Kier molecular flexibility index (Phi) is 3.83. The van der Waals surface area contributed by atoms with E-state index in [1.165, 1.54) is 6.33 Å². The average molecular weight is 196 g/mol. The molecule has 2 atom stereocenters. The zero-order valence-electron chi connectivity index (χ0n) is 8.77. The van der Waals surface area contributed by atoms with E-state index in [4.69, 9.17) is 4.74 Å². The van der Waals surface area contributed by atoms with Gasteiger partial charge in [-0.1, -0.05) is 6.92 Å². The molecular formula is C10H16N2O2. The first-order valence-corrected chi connectivity index (χ1v) is 4.73. The SMILES string of the molecule is CCC(c1cc(OC)ncn1)C(C)O. The summed E-state index contributed by atoms with van der Waals surface area (Å²) in [7, 11) is 1.56. The van der Waals surface area contributed by atoms with Gasteiger partial charge in [0.2, 0.25) is 5.88 Å². The Balaban J connectivity index is 2.92. The molecule has 78 valence electrons. The van der Waals surface area contributed by atoms with Gasteiger partial charge in [0.15, 0.2) is 0 Å². The highest BCUT2D eigenvalue weighted by molar-refractivity contribution is 5.17. The highest BCUT2D eigenvalue weighted by atomic mass is 16.5. The largest absolute Gasteiger partial charge is 0.481 e. The zero-order chi connectivity index (χ0) is 10.6. The lowest BCUT2D eigenvalue weighted by atomic mass is 9.97. The van der Waals surface area contributed by atoms with Gasteiger partial charge >= 0.3 is 0 Å². The van der Waals surface area contributed by atoms with Crippen molar-refractivity contribution in [3.05, 3.63) is 18.1 Å². The number of aliphatic hydroxyl groups is 1. The minimum absolute atomic E-state index is 0.0481. The maximum absolute atomic E-state index is 9.53. The summed E-state index contributed by atoms with van der Waals surface area (Å²) in [6.07, 6.45) is 1.90. The van der Waals surface area contributed by atoms with E-state index in [-0.39, 0.29) is 5.92 Å². The lowest BCUT2D eigenvalue weighted by Crippen LogP contribution is -2.15. The highest BCUT2D eigenvalue weighted by Gasteiger charge is 2.17. The summed E-state index contributed by atoms with van der Waals surface area (Å²) in [5, 5.41) is 9.53. The molecule has 1 rings (SSSR count). The highest BCUT2D eigenvalue weighted by Crippen LogP contribution is 2.22. The molecule has 0 spiro atoms. The van der Waals surface area contributed by atoms with Crippen LogP contribution in [0.4, 0.5) is 0 Å². The van der Waals surface area contributed by atoms with Crippen molar-refractivity contribution in [3.8, 4) is 5.88 Å². The van der Waals surface area contributed by atoms with Crippen molar-refractivity contribution in [1.29, 1.82) is 0 Å². The van der Waals surface area contributed by atoms with Crippen LogP contribution in [-0.2, 0) is 0 Å². The van der Waals surface area contributed by atoms with Crippen molar-refractivity contribution in [2.45, 2.75) is 32.3 Å². The molecule has 0 aromatic carbocycles. The first-order chi connectivity index (χ1) is 6.69. The number of hydrogen-bond donors (Lipinski definition) is 1. The molecule has 0 radical (unpaired) electrons. The maximum atomic E-state index is 9.53. The zero-order valence-corrected chi connectivity index (χ0v) is 8.77. The third-order valence-corrected chi connectivity index (χ3v) is 2.27. The van der Waals surface area contributed by atoms with E-state index in [9.17, 15) is 5.11 Å². The molecule has 0 saturated carbocycles. The van der Waals surface area contributed by atoms with Crippen LogP contribution in [0, 0.1) is 0 Å². The molecule has 4 heteroatoms. The van der Waals surface area contributed by atoms with Crippen molar-refractivity contribution in [1.82, 2.24) is 9.97 Å². The lowest BCUT2D eigenvalue weighted by molar-refractivity contribution is 0.157. The number of hydrogen-bond acceptors (Lipinski definition) is 4. The van der Waals surface area contributed by atoms with E-state index in [1.54, 1.807) is 20.1 Å². The van der Waals surface area contributed by atoms with Crippen molar-refractivity contribution < 1.29 is 9.84 Å². The van der Waals surface area contributed by atoms with Crippen molar-refractivity contribution in [2.24, 2.45) is 0 Å². The fraction of sp³-hybridized carbons (Fsp3) is 0.600. The summed E-state index contributed by atoms with van der Waals surface area (Å²) in [5.41, 5.74) is 0.828. The second-order valence-electron chi connectivity index (χ2n) is 3.24. The molecule has 14 heavy (non-hydrogen) atoms.